The van der Waals surface area contributed by atoms with Crippen LogP contribution in [0.25, 0.3) is 11.3 Å². The fourth-order valence-corrected chi connectivity index (χ4v) is 2.79. The lowest BCUT2D eigenvalue weighted by Gasteiger charge is -2.12. The van der Waals surface area contributed by atoms with E-state index in [0.29, 0.717) is 6.54 Å². The molecule has 2 N–H and O–H groups in total. The standard InChI is InChI=1S/C16H17N3O/c17-10-16(5-6-16)15-18-7-3-13(19-15)11-1-2-14-12(9-11)4-8-20-14/h1-3,7,9H,4-6,8,10,17H2. The number of benzene rings is 1. The van der Waals surface area contributed by atoms with E-state index in [-0.39, 0.29) is 5.41 Å². The molecule has 102 valence electrons. The molecular formula is C16H17N3O. The summed E-state index contributed by atoms with van der Waals surface area (Å²) < 4.78 is 5.55. The highest BCUT2D eigenvalue weighted by atomic mass is 16.5. The normalized spacial score (nSPS) is 18.4. The van der Waals surface area contributed by atoms with Crippen LogP contribution in [-0.4, -0.2) is 23.1 Å². The van der Waals surface area contributed by atoms with E-state index in [4.69, 9.17) is 15.5 Å². The Hall–Kier alpha value is -1.94. The Morgan fingerprint density at radius 2 is 2.15 bits per heavy atom. The van der Waals surface area contributed by atoms with Gasteiger partial charge in [-0.2, -0.15) is 0 Å². The van der Waals surface area contributed by atoms with E-state index in [0.717, 1.165) is 48.7 Å². The first kappa shape index (κ1) is 11.9. The van der Waals surface area contributed by atoms with Crippen molar-refractivity contribution in [3.63, 3.8) is 0 Å². The number of rotatable bonds is 3. The second kappa shape index (κ2) is 4.28. The minimum Gasteiger partial charge on any atom is -0.493 e. The molecule has 4 heteroatoms. The molecule has 0 amide bonds. The van der Waals surface area contributed by atoms with Crippen LogP contribution in [0.15, 0.2) is 30.5 Å². The van der Waals surface area contributed by atoms with Crippen molar-refractivity contribution in [1.82, 2.24) is 9.97 Å². The Morgan fingerprint density at radius 1 is 1.25 bits per heavy atom. The van der Waals surface area contributed by atoms with Gasteiger partial charge in [-0.1, -0.05) is 0 Å². The summed E-state index contributed by atoms with van der Waals surface area (Å²) in [6.45, 7) is 1.42. The number of nitrogens with two attached hydrogens (primary N) is 1. The molecule has 20 heavy (non-hydrogen) atoms. The minimum absolute atomic E-state index is 0.0375. The van der Waals surface area contributed by atoms with Crippen LogP contribution in [0.1, 0.15) is 24.2 Å². The lowest BCUT2D eigenvalue weighted by molar-refractivity contribution is 0.357. The Morgan fingerprint density at radius 3 is 2.95 bits per heavy atom. The summed E-state index contributed by atoms with van der Waals surface area (Å²) >= 11 is 0. The van der Waals surface area contributed by atoms with Crippen molar-refractivity contribution >= 4 is 0 Å². The third-order valence-electron chi connectivity index (χ3n) is 4.36. The largest absolute Gasteiger partial charge is 0.493 e. The summed E-state index contributed by atoms with van der Waals surface area (Å²) in [4.78, 5) is 9.17. The third kappa shape index (κ3) is 1.79. The molecule has 4 rings (SSSR count). The van der Waals surface area contributed by atoms with E-state index in [9.17, 15) is 0 Å². The molecule has 0 radical (unpaired) electrons. The van der Waals surface area contributed by atoms with Gasteiger partial charge < -0.3 is 10.5 Å². The summed E-state index contributed by atoms with van der Waals surface area (Å²) in [5.74, 6) is 1.90. The van der Waals surface area contributed by atoms with Crippen molar-refractivity contribution in [3.8, 4) is 17.0 Å². The van der Waals surface area contributed by atoms with Gasteiger partial charge in [-0.15, -0.1) is 0 Å². The monoisotopic (exact) mass is 267 g/mol. The average molecular weight is 267 g/mol. The molecule has 0 unspecified atom stereocenters. The molecular weight excluding hydrogens is 250 g/mol. The zero-order valence-electron chi connectivity index (χ0n) is 11.3. The molecule has 2 heterocycles. The summed E-state index contributed by atoms with van der Waals surface area (Å²) in [7, 11) is 0. The zero-order chi connectivity index (χ0) is 13.6. The molecule has 1 aliphatic heterocycles. The fourth-order valence-electron chi connectivity index (χ4n) is 2.79. The van der Waals surface area contributed by atoms with Crippen molar-refractivity contribution in [1.29, 1.82) is 0 Å². The van der Waals surface area contributed by atoms with Crippen LogP contribution in [-0.2, 0) is 11.8 Å². The van der Waals surface area contributed by atoms with Crippen LogP contribution in [0.3, 0.4) is 0 Å². The first-order valence-electron chi connectivity index (χ1n) is 7.10. The molecule has 1 saturated carbocycles. The average Bonchev–Trinajstić information content (AvgIpc) is 3.17. The van der Waals surface area contributed by atoms with Crippen LogP contribution >= 0.6 is 0 Å². The predicted octanol–water partition coefficient (Wildman–Crippen LogP) is 2.07. The van der Waals surface area contributed by atoms with E-state index in [1.165, 1.54) is 5.56 Å². The van der Waals surface area contributed by atoms with Gasteiger partial charge in [0.25, 0.3) is 0 Å². The van der Waals surface area contributed by atoms with Gasteiger partial charge in [0, 0.05) is 30.1 Å². The van der Waals surface area contributed by atoms with Gasteiger partial charge in [0.2, 0.25) is 0 Å². The van der Waals surface area contributed by atoms with Gasteiger partial charge in [-0.3, -0.25) is 0 Å². The Kier molecular flexibility index (Phi) is 2.54. The Labute approximate surface area is 118 Å². The number of ether oxygens (including phenoxy) is 1. The van der Waals surface area contributed by atoms with Crippen LogP contribution in [0.5, 0.6) is 5.75 Å². The van der Waals surface area contributed by atoms with Gasteiger partial charge in [0.1, 0.15) is 11.6 Å². The SMILES string of the molecule is NCC1(c2nccc(-c3ccc4c(c3)CCO4)n2)CC1. The molecule has 0 saturated heterocycles. The molecule has 4 nitrogen and oxygen atoms in total. The zero-order valence-corrected chi connectivity index (χ0v) is 11.3. The van der Waals surface area contributed by atoms with Crippen molar-refractivity contribution < 1.29 is 4.74 Å². The maximum atomic E-state index is 5.87. The summed E-state index contributed by atoms with van der Waals surface area (Å²) in [5.41, 5.74) is 9.28. The molecule has 0 spiro atoms. The number of hydrogen-bond donors (Lipinski definition) is 1. The van der Waals surface area contributed by atoms with Crippen LogP contribution in [0.2, 0.25) is 0 Å². The number of nitrogens with zero attached hydrogens (tertiary/aromatic N) is 2. The minimum atomic E-state index is 0.0375. The lowest BCUT2D eigenvalue weighted by atomic mass is 10.0. The summed E-state index contributed by atoms with van der Waals surface area (Å²) in [6, 6.07) is 8.25. The smallest absolute Gasteiger partial charge is 0.136 e. The van der Waals surface area contributed by atoms with Gasteiger partial charge in [0.05, 0.1) is 12.3 Å². The predicted molar refractivity (Wildman–Crippen MR) is 76.6 cm³/mol. The van der Waals surface area contributed by atoms with E-state index >= 15 is 0 Å². The molecule has 1 aliphatic carbocycles. The van der Waals surface area contributed by atoms with Crippen LogP contribution < -0.4 is 10.5 Å². The third-order valence-corrected chi connectivity index (χ3v) is 4.36. The first-order chi connectivity index (χ1) is 9.81. The first-order valence-corrected chi connectivity index (χ1v) is 7.10. The number of hydrogen-bond acceptors (Lipinski definition) is 4. The van der Waals surface area contributed by atoms with E-state index in [2.05, 4.69) is 17.1 Å². The summed E-state index contributed by atoms with van der Waals surface area (Å²) in [6.07, 6.45) is 5.03. The van der Waals surface area contributed by atoms with E-state index in [1.807, 2.05) is 18.3 Å². The Balaban J connectivity index is 1.74. The Bertz CT molecular complexity index is 665. The lowest BCUT2D eigenvalue weighted by Crippen LogP contribution is -2.22. The second-order valence-corrected chi connectivity index (χ2v) is 5.67. The van der Waals surface area contributed by atoms with Gasteiger partial charge >= 0.3 is 0 Å². The number of fused-ring (bicyclic) bond motifs is 1. The van der Waals surface area contributed by atoms with Gasteiger partial charge in [0.15, 0.2) is 0 Å². The summed E-state index contributed by atoms with van der Waals surface area (Å²) in [5, 5.41) is 0. The van der Waals surface area contributed by atoms with Crippen molar-refractivity contribution in [2.75, 3.05) is 13.2 Å². The molecule has 1 aromatic heterocycles. The topological polar surface area (TPSA) is 61.0 Å². The van der Waals surface area contributed by atoms with E-state index in [1.54, 1.807) is 0 Å². The van der Waals surface area contributed by atoms with E-state index < -0.39 is 0 Å². The maximum absolute atomic E-state index is 5.87. The molecule has 1 fully saturated rings. The van der Waals surface area contributed by atoms with Crippen LogP contribution in [0.4, 0.5) is 0 Å². The molecule has 0 atom stereocenters. The molecule has 1 aromatic carbocycles. The highest BCUT2D eigenvalue weighted by Gasteiger charge is 2.45. The van der Waals surface area contributed by atoms with Crippen molar-refractivity contribution in [3.05, 3.63) is 41.9 Å². The highest BCUT2D eigenvalue weighted by Crippen LogP contribution is 2.45. The molecule has 2 aromatic rings. The van der Waals surface area contributed by atoms with Crippen molar-refractivity contribution in [2.45, 2.75) is 24.7 Å². The molecule has 0 bridgehead atoms. The number of aromatic nitrogens is 2. The highest BCUT2D eigenvalue weighted by molar-refractivity contribution is 5.62. The second-order valence-electron chi connectivity index (χ2n) is 5.67. The maximum Gasteiger partial charge on any atom is 0.136 e. The van der Waals surface area contributed by atoms with Gasteiger partial charge in [-0.25, -0.2) is 9.97 Å². The van der Waals surface area contributed by atoms with Crippen LogP contribution in [0, 0.1) is 0 Å². The quantitative estimate of drug-likeness (QED) is 0.924. The fraction of sp³-hybridized carbons (Fsp3) is 0.375. The van der Waals surface area contributed by atoms with Crippen molar-refractivity contribution in [2.24, 2.45) is 5.73 Å². The molecule has 2 aliphatic rings. The van der Waals surface area contributed by atoms with Gasteiger partial charge in [-0.05, 0) is 42.7 Å².